The zero-order chi connectivity index (χ0) is 19.3. The number of rotatable bonds is 7. The summed E-state index contributed by atoms with van der Waals surface area (Å²) < 4.78 is 11.6. The highest BCUT2D eigenvalue weighted by atomic mass is 16.5. The van der Waals surface area contributed by atoms with E-state index < -0.39 is 0 Å². The number of carbonyl (C=O) groups is 1. The topological polar surface area (TPSA) is 58.5 Å². The van der Waals surface area contributed by atoms with E-state index in [1.807, 2.05) is 42.2 Å². The SMILES string of the molecule is CCOc1ccc2cc(C(=O)N(Cc3ccc([C@H]4C[C@@H]4C)o3)C3CC3)[nH]c2c1. The Bertz CT molecular complexity index is 1010. The van der Waals surface area contributed by atoms with Gasteiger partial charge in [0.15, 0.2) is 0 Å². The van der Waals surface area contributed by atoms with Crippen LogP contribution in [0.25, 0.3) is 10.9 Å². The van der Waals surface area contributed by atoms with E-state index in [4.69, 9.17) is 9.15 Å². The normalized spacial score (nSPS) is 21.1. The lowest BCUT2D eigenvalue weighted by molar-refractivity contribution is 0.0711. The van der Waals surface area contributed by atoms with Gasteiger partial charge in [0.25, 0.3) is 5.91 Å². The molecule has 0 unspecified atom stereocenters. The summed E-state index contributed by atoms with van der Waals surface area (Å²) in [6.07, 6.45) is 3.33. The number of carbonyl (C=O) groups excluding carboxylic acids is 1. The molecule has 2 aliphatic rings. The molecular formula is C23H26N2O3. The maximum Gasteiger partial charge on any atom is 0.270 e. The van der Waals surface area contributed by atoms with Gasteiger partial charge >= 0.3 is 0 Å². The first-order valence-electron chi connectivity index (χ1n) is 10.3. The molecule has 1 amide bonds. The van der Waals surface area contributed by atoms with Gasteiger partial charge in [-0.25, -0.2) is 0 Å². The first kappa shape index (κ1) is 17.4. The fraction of sp³-hybridized carbons (Fsp3) is 0.435. The second-order valence-corrected chi connectivity index (χ2v) is 8.15. The Morgan fingerprint density at radius 1 is 1.25 bits per heavy atom. The Labute approximate surface area is 164 Å². The van der Waals surface area contributed by atoms with Gasteiger partial charge in [-0.3, -0.25) is 4.79 Å². The zero-order valence-corrected chi connectivity index (χ0v) is 16.4. The van der Waals surface area contributed by atoms with Crippen molar-refractivity contribution in [2.24, 2.45) is 5.92 Å². The fourth-order valence-electron chi connectivity index (χ4n) is 3.95. The van der Waals surface area contributed by atoms with Gasteiger partial charge in [-0.15, -0.1) is 0 Å². The molecule has 0 aliphatic heterocycles. The number of ether oxygens (including phenoxy) is 1. The van der Waals surface area contributed by atoms with Crippen LogP contribution in [0.4, 0.5) is 0 Å². The van der Waals surface area contributed by atoms with Crippen LogP contribution in [0.2, 0.25) is 0 Å². The van der Waals surface area contributed by atoms with E-state index in [2.05, 4.69) is 18.0 Å². The Hall–Kier alpha value is -2.69. The number of hydrogen-bond donors (Lipinski definition) is 1. The molecule has 0 bridgehead atoms. The maximum atomic E-state index is 13.2. The summed E-state index contributed by atoms with van der Waals surface area (Å²) in [4.78, 5) is 18.5. The molecule has 28 heavy (non-hydrogen) atoms. The third-order valence-electron chi connectivity index (χ3n) is 5.87. The second-order valence-electron chi connectivity index (χ2n) is 8.15. The molecule has 2 aliphatic carbocycles. The predicted octanol–water partition coefficient (Wildman–Crippen LogP) is 5.09. The monoisotopic (exact) mass is 378 g/mol. The molecule has 5 heteroatoms. The van der Waals surface area contributed by atoms with Crippen LogP contribution in [0.5, 0.6) is 5.75 Å². The van der Waals surface area contributed by atoms with Crippen molar-refractivity contribution in [3.63, 3.8) is 0 Å². The van der Waals surface area contributed by atoms with Crippen LogP contribution in [0.3, 0.4) is 0 Å². The molecule has 3 aromatic rings. The predicted molar refractivity (Wildman–Crippen MR) is 108 cm³/mol. The minimum absolute atomic E-state index is 0.0365. The maximum absolute atomic E-state index is 13.2. The minimum Gasteiger partial charge on any atom is -0.494 e. The van der Waals surface area contributed by atoms with Gasteiger partial charge in [-0.05, 0) is 62.4 Å². The summed E-state index contributed by atoms with van der Waals surface area (Å²) in [5, 5.41) is 1.02. The summed E-state index contributed by atoms with van der Waals surface area (Å²) in [5.74, 6) is 4.07. The number of benzene rings is 1. The Morgan fingerprint density at radius 2 is 2.07 bits per heavy atom. The number of hydrogen-bond acceptors (Lipinski definition) is 3. The highest BCUT2D eigenvalue weighted by Crippen LogP contribution is 2.47. The number of amides is 1. The van der Waals surface area contributed by atoms with Crippen LogP contribution >= 0.6 is 0 Å². The molecule has 1 aromatic carbocycles. The number of fused-ring (bicyclic) bond motifs is 1. The van der Waals surface area contributed by atoms with Crippen LogP contribution < -0.4 is 4.74 Å². The third-order valence-corrected chi connectivity index (χ3v) is 5.87. The molecule has 0 radical (unpaired) electrons. The Morgan fingerprint density at radius 3 is 2.79 bits per heavy atom. The molecule has 5 rings (SSSR count). The summed E-state index contributed by atoms with van der Waals surface area (Å²) in [5.41, 5.74) is 1.55. The van der Waals surface area contributed by atoms with Crippen LogP contribution in [-0.4, -0.2) is 28.4 Å². The summed E-state index contributed by atoms with van der Waals surface area (Å²) in [7, 11) is 0. The van der Waals surface area contributed by atoms with Crippen LogP contribution in [0.15, 0.2) is 40.8 Å². The molecule has 2 heterocycles. The first-order chi connectivity index (χ1) is 13.6. The molecule has 1 N–H and O–H groups in total. The summed E-state index contributed by atoms with van der Waals surface area (Å²) >= 11 is 0. The van der Waals surface area contributed by atoms with E-state index in [9.17, 15) is 4.79 Å². The van der Waals surface area contributed by atoms with E-state index in [0.717, 1.165) is 41.0 Å². The van der Waals surface area contributed by atoms with Crippen molar-refractivity contribution in [3.8, 4) is 5.75 Å². The lowest BCUT2D eigenvalue weighted by Crippen LogP contribution is -2.32. The summed E-state index contributed by atoms with van der Waals surface area (Å²) in [6, 6.07) is 12.2. The Balaban J connectivity index is 1.37. The van der Waals surface area contributed by atoms with Crippen LogP contribution in [0.1, 0.15) is 61.0 Å². The zero-order valence-electron chi connectivity index (χ0n) is 16.4. The molecule has 2 fully saturated rings. The van der Waals surface area contributed by atoms with Crippen molar-refractivity contribution in [1.29, 1.82) is 0 Å². The molecule has 0 saturated heterocycles. The van der Waals surface area contributed by atoms with Gasteiger partial charge in [0.2, 0.25) is 0 Å². The number of aromatic nitrogens is 1. The number of aromatic amines is 1. The van der Waals surface area contributed by atoms with Crippen molar-refractivity contribution < 1.29 is 13.9 Å². The van der Waals surface area contributed by atoms with Crippen molar-refractivity contribution in [2.75, 3.05) is 6.61 Å². The largest absolute Gasteiger partial charge is 0.494 e. The van der Waals surface area contributed by atoms with Gasteiger partial charge in [0.1, 0.15) is 23.0 Å². The van der Waals surface area contributed by atoms with Gasteiger partial charge in [0, 0.05) is 28.9 Å². The molecule has 0 spiro atoms. The lowest BCUT2D eigenvalue weighted by Gasteiger charge is -2.20. The van der Waals surface area contributed by atoms with E-state index in [0.29, 0.717) is 36.7 Å². The van der Waals surface area contributed by atoms with Crippen LogP contribution in [0, 0.1) is 5.92 Å². The van der Waals surface area contributed by atoms with E-state index >= 15 is 0 Å². The number of furan rings is 1. The molecule has 2 saturated carbocycles. The van der Waals surface area contributed by atoms with Gasteiger partial charge in [-0.1, -0.05) is 6.92 Å². The van der Waals surface area contributed by atoms with Gasteiger partial charge in [-0.2, -0.15) is 0 Å². The number of H-pyrrole nitrogens is 1. The van der Waals surface area contributed by atoms with Crippen LogP contribution in [-0.2, 0) is 6.54 Å². The fourth-order valence-corrected chi connectivity index (χ4v) is 3.95. The molecular weight excluding hydrogens is 352 g/mol. The molecule has 2 atom stereocenters. The minimum atomic E-state index is 0.0365. The van der Waals surface area contributed by atoms with Crippen molar-refractivity contribution in [3.05, 3.63) is 53.6 Å². The second kappa shape index (κ2) is 6.73. The van der Waals surface area contributed by atoms with Crippen molar-refractivity contribution >= 4 is 16.8 Å². The smallest absolute Gasteiger partial charge is 0.270 e. The molecule has 146 valence electrons. The van der Waals surface area contributed by atoms with Gasteiger partial charge < -0.3 is 19.0 Å². The Kier molecular flexibility index (Phi) is 4.18. The molecule has 5 nitrogen and oxygen atoms in total. The van der Waals surface area contributed by atoms with E-state index in [1.165, 1.54) is 6.42 Å². The highest BCUT2D eigenvalue weighted by molar-refractivity contribution is 5.98. The number of nitrogens with zero attached hydrogens (tertiary/aromatic N) is 1. The molecule has 2 aromatic heterocycles. The highest BCUT2D eigenvalue weighted by Gasteiger charge is 2.38. The standard InChI is InChI=1S/C23H26N2O3/c1-3-27-17-7-4-15-11-21(24-20(15)12-17)23(26)25(16-5-6-16)13-18-8-9-22(28-18)19-10-14(19)2/h4,7-9,11-12,14,16,19,24H,3,5-6,10,13H2,1-2H3/t14-,19-/m0/s1. The number of nitrogens with one attached hydrogen (secondary N) is 1. The average Bonchev–Trinajstić information content (AvgIpc) is 3.56. The van der Waals surface area contributed by atoms with Crippen molar-refractivity contribution in [2.45, 2.75) is 51.6 Å². The van der Waals surface area contributed by atoms with E-state index in [1.54, 1.807) is 0 Å². The first-order valence-corrected chi connectivity index (χ1v) is 10.3. The van der Waals surface area contributed by atoms with Gasteiger partial charge in [0.05, 0.1) is 13.2 Å². The van der Waals surface area contributed by atoms with Crippen molar-refractivity contribution in [1.82, 2.24) is 9.88 Å². The quantitative estimate of drug-likeness (QED) is 0.623. The lowest BCUT2D eigenvalue weighted by atomic mass is 10.2. The average molecular weight is 378 g/mol. The van der Waals surface area contributed by atoms with E-state index in [-0.39, 0.29) is 5.91 Å². The summed E-state index contributed by atoms with van der Waals surface area (Å²) in [6.45, 7) is 5.37. The third kappa shape index (κ3) is 3.30.